The molecule has 23 heavy (non-hydrogen) atoms. The Morgan fingerprint density at radius 2 is 1.91 bits per heavy atom. The lowest BCUT2D eigenvalue weighted by molar-refractivity contribution is -0.135. The van der Waals surface area contributed by atoms with Crippen molar-refractivity contribution in [1.82, 2.24) is 4.90 Å². The Balaban J connectivity index is 2.31. The van der Waals surface area contributed by atoms with Crippen LogP contribution in [0.25, 0.3) is 0 Å². The molecule has 1 aromatic carbocycles. The summed E-state index contributed by atoms with van der Waals surface area (Å²) < 4.78 is 42.1. The smallest absolute Gasteiger partial charge is 0.258 e. The summed E-state index contributed by atoms with van der Waals surface area (Å²) in [6.07, 6.45) is -0.315. The highest BCUT2D eigenvalue weighted by molar-refractivity contribution is 7.90. The zero-order valence-electron chi connectivity index (χ0n) is 12.4. The highest BCUT2D eigenvalue weighted by Crippen LogP contribution is 2.36. The Morgan fingerprint density at radius 1 is 1.35 bits per heavy atom. The second-order valence-corrected chi connectivity index (χ2v) is 8.38. The molecule has 0 aliphatic carbocycles. The number of benzene rings is 1. The van der Waals surface area contributed by atoms with Gasteiger partial charge < -0.3 is 9.64 Å². The minimum Gasteiger partial charge on any atom is -0.348 e. The van der Waals surface area contributed by atoms with Gasteiger partial charge in [0, 0.05) is 6.26 Å². The second kappa shape index (κ2) is 6.93. The first-order valence-electron chi connectivity index (χ1n) is 6.78. The molecule has 0 spiro atoms. The Kier molecular flexibility index (Phi) is 5.56. The lowest BCUT2D eigenvalue weighted by Crippen LogP contribution is -2.44. The van der Waals surface area contributed by atoms with Gasteiger partial charge in [-0.15, -0.1) is 0 Å². The van der Waals surface area contributed by atoms with Crippen molar-refractivity contribution in [2.24, 2.45) is 0 Å². The molecular weight excluding hydrogens is 368 g/mol. The topological polar surface area (TPSA) is 63.7 Å². The van der Waals surface area contributed by atoms with Gasteiger partial charge in [0.1, 0.15) is 19.0 Å². The van der Waals surface area contributed by atoms with Crippen molar-refractivity contribution < 1.29 is 22.3 Å². The minimum absolute atomic E-state index is 0.151. The fourth-order valence-electron chi connectivity index (χ4n) is 2.60. The van der Waals surface area contributed by atoms with Crippen LogP contribution < -0.4 is 0 Å². The van der Waals surface area contributed by atoms with Gasteiger partial charge in [0.2, 0.25) is 0 Å². The van der Waals surface area contributed by atoms with Crippen molar-refractivity contribution in [3.63, 3.8) is 0 Å². The van der Waals surface area contributed by atoms with E-state index in [4.69, 9.17) is 27.9 Å². The molecule has 9 heteroatoms. The molecule has 1 amide bonds. The summed E-state index contributed by atoms with van der Waals surface area (Å²) in [6.45, 7) is 0.761. The number of sulfone groups is 1. The van der Waals surface area contributed by atoms with Crippen molar-refractivity contribution in [3.05, 3.63) is 29.8 Å². The van der Waals surface area contributed by atoms with E-state index in [0.29, 0.717) is 5.56 Å². The first-order chi connectivity index (χ1) is 10.7. The summed E-state index contributed by atoms with van der Waals surface area (Å²) in [6, 6.07) is 5.06. The molecule has 1 heterocycles. The largest absolute Gasteiger partial charge is 0.348 e. The molecule has 0 aromatic heterocycles. The van der Waals surface area contributed by atoms with Gasteiger partial charge in [-0.2, -0.15) is 0 Å². The third-order valence-electron chi connectivity index (χ3n) is 3.68. The fourth-order valence-corrected chi connectivity index (χ4v) is 3.46. The number of amides is 1. The van der Waals surface area contributed by atoms with Crippen molar-refractivity contribution >= 4 is 38.9 Å². The number of carbonyl (C=O) groups is 1. The van der Waals surface area contributed by atoms with E-state index in [1.54, 1.807) is 19.1 Å². The number of nitrogens with zero attached hydrogens (tertiary/aromatic N) is 1. The maximum Gasteiger partial charge on any atom is 0.258 e. The lowest BCUT2D eigenvalue weighted by atomic mass is 10.0. The van der Waals surface area contributed by atoms with Crippen molar-refractivity contribution in [2.75, 3.05) is 12.9 Å². The zero-order valence-corrected chi connectivity index (χ0v) is 14.8. The van der Waals surface area contributed by atoms with Crippen LogP contribution in [0, 0.1) is 0 Å². The van der Waals surface area contributed by atoms with Crippen LogP contribution in [0.2, 0.25) is 0 Å². The van der Waals surface area contributed by atoms with Gasteiger partial charge in [0.05, 0.1) is 10.9 Å². The summed E-state index contributed by atoms with van der Waals surface area (Å²) in [5, 5.41) is 0. The SMILES string of the molecule is CC1O[C@H](c2ccc(S(C)(=O)=O)cc2)[C@@H](CF)N1C(=O)C(Cl)Cl. The van der Waals surface area contributed by atoms with Gasteiger partial charge in [0.25, 0.3) is 5.91 Å². The van der Waals surface area contributed by atoms with Crippen LogP contribution in [0.4, 0.5) is 4.39 Å². The quantitative estimate of drug-likeness (QED) is 0.749. The van der Waals surface area contributed by atoms with Crippen molar-refractivity contribution in [1.29, 1.82) is 0 Å². The number of hydrogen-bond acceptors (Lipinski definition) is 4. The number of alkyl halides is 3. The highest BCUT2D eigenvalue weighted by Gasteiger charge is 2.44. The predicted molar refractivity (Wildman–Crippen MR) is 84.9 cm³/mol. The van der Waals surface area contributed by atoms with Crippen LogP contribution in [-0.2, 0) is 19.4 Å². The monoisotopic (exact) mass is 383 g/mol. The maximum absolute atomic E-state index is 13.5. The molecule has 1 aliphatic rings. The minimum atomic E-state index is -3.32. The molecule has 0 saturated carbocycles. The molecule has 0 bridgehead atoms. The standard InChI is InChI=1S/C14H16Cl2FNO4S/c1-8-18(14(19)13(15)16)11(7-17)12(22-8)9-3-5-10(6-4-9)23(2,20)21/h3-6,8,11-13H,7H2,1-2H3/t8?,11-,12-/m1/s1. The van der Waals surface area contributed by atoms with E-state index in [1.807, 2.05) is 0 Å². The van der Waals surface area contributed by atoms with Crippen molar-refractivity contribution in [3.8, 4) is 0 Å². The number of rotatable bonds is 4. The molecule has 1 saturated heterocycles. The average Bonchev–Trinajstić information content (AvgIpc) is 2.82. The average molecular weight is 384 g/mol. The molecule has 2 rings (SSSR count). The van der Waals surface area contributed by atoms with Crippen LogP contribution in [-0.4, -0.2) is 49.3 Å². The molecule has 5 nitrogen and oxygen atoms in total. The van der Waals surface area contributed by atoms with Gasteiger partial charge in [-0.1, -0.05) is 35.3 Å². The zero-order chi connectivity index (χ0) is 17.4. The van der Waals surface area contributed by atoms with Crippen LogP contribution >= 0.6 is 23.2 Å². The van der Waals surface area contributed by atoms with E-state index in [0.717, 1.165) is 6.26 Å². The summed E-state index contributed by atoms with van der Waals surface area (Å²) >= 11 is 11.2. The van der Waals surface area contributed by atoms with E-state index in [1.165, 1.54) is 17.0 Å². The Morgan fingerprint density at radius 3 is 2.35 bits per heavy atom. The van der Waals surface area contributed by atoms with Crippen LogP contribution in [0.3, 0.4) is 0 Å². The van der Waals surface area contributed by atoms with E-state index in [-0.39, 0.29) is 4.90 Å². The first kappa shape index (κ1) is 18.4. The number of carbonyl (C=O) groups excluding carboxylic acids is 1. The molecule has 3 atom stereocenters. The molecule has 1 aromatic rings. The number of halogens is 3. The number of ether oxygens (including phenoxy) is 1. The van der Waals surface area contributed by atoms with Crippen molar-refractivity contribution in [2.45, 2.75) is 35.0 Å². The van der Waals surface area contributed by atoms with Gasteiger partial charge >= 0.3 is 0 Å². The molecule has 1 unspecified atom stereocenters. The number of hydrogen-bond donors (Lipinski definition) is 0. The van der Waals surface area contributed by atoms with E-state index in [2.05, 4.69) is 0 Å². The molecular formula is C14H16Cl2FNO4S. The van der Waals surface area contributed by atoms with Gasteiger partial charge in [-0.05, 0) is 24.6 Å². The van der Waals surface area contributed by atoms with E-state index >= 15 is 0 Å². The molecule has 1 fully saturated rings. The van der Waals surface area contributed by atoms with E-state index < -0.39 is 45.6 Å². The van der Waals surface area contributed by atoms with Gasteiger partial charge in [-0.25, -0.2) is 12.8 Å². The molecule has 1 aliphatic heterocycles. The van der Waals surface area contributed by atoms with Gasteiger partial charge in [-0.3, -0.25) is 4.79 Å². The van der Waals surface area contributed by atoms with E-state index in [9.17, 15) is 17.6 Å². The third kappa shape index (κ3) is 3.79. The van der Waals surface area contributed by atoms with Crippen LogP contribution in [0.5, 0.6) is 0 Å². The summed E-state index contributed by atoms with van der Waals surface area (Å²) in [5.74, 6) is -0.626. The predicted octanol–water partition coefficient (Wildman–Crippen LogP) is 2.48. The molecule has 0 radical (unpaired) electrons. The van der Waals surface area contributed by atoms with Gasteiger partial charge in [0.15, 0.2) is 14.7 Å². The lowest BCUT2D eigenvalue weighted by Gasteiger charge is -2.26. The highest BCUT2D eigenvalue weighted by atomic mass is 35.5. The molecule has 0 N–H and O–H groups in total. The summed E-state index contributed by atoms with van der Waals surface area (Å²) in [4.78, 5) is 12.1. The Hall–Kier alpha value is -0.890. The maximum atomic E-state index is 13.5. The molecule has 128 valence electrons. The summed E-state index contributed by atoms with van der Waals surface area (Å²) in [7, 11) is -3.32. The Bertz CT molecular complexity index is 681. The third-order valence-corrected chi connectivity index (χ3v) is 5.18. The normalized spacial score (nSPS) is 25.1. The second-order valence-electron chi connectivity index (χ2n) is 5.27. The Labute approximate surface area is 144 Å². The first-order valence-corrected chi connectivity index (χ1v) is 9.55. The van der Waals surface area contributed by atoms with Crippen LogP contribution in [0.1, 0.15) is 18.6 Å². The van der Waals surface area contributed by atoms with Crippen LogP contribution in [0.15, 0.2) is 29.2 Å². The fraction of sp³-hybridized carbons (Fsp3) is 0.500. The summed E-state index contributed by atoms with van der Waals surface area (Å²) in [5.41, 5.74) is 0.572.